The average molecular weight is 908 g/mol. The minimum Gasteiger partial charge on any atom is -0.411 e. The van der Waals surface area contributed by atoms with Gasteiger partial charge in [0.2, 0.25) is 12.2 Å². The van der Waals surface area contributed by atoms with Crippen LogP contribution in [0.1, 0.15) is 13.8 Å². The second kappa shape index (κ2) is 22.4. The molecule has 5 aliphatic rings. The van der Waals surface area contributed by atoms with E-state index in [9.17, 15) is 81.4 Å². The molecule has 0 aromatic rings. The first kappa shape index (κ1) is 50.9. The molecule has 16 N–H and O–H groups in total. The molecular formula is C35H57NO26. The number of hydrogen-bond donors (Lipinski definition) is 16. The third-order valence-corrected chi connectivity index (χ3v) is 11.0. The maximum absolute atomic E-state index is 12.5. The zero-order chi connectivity index (χ0) is 45.7. The second-order valence-electron chi connectivity index (χ2n) is 15.1. The van der Waals surface area contributed by atoms with Crippen molar-refractivity contribution in [3.05, 3.63) is 0 Å². The first-order chi connectivity index (χ1) is 29.5. The van der Waals surface area contributed by atoms with Gasteiger partial charge in [0, 0.05) is 13.8 Å². The van der Waals surface area contributed by atoms with Crippen LogP contribution in [0.25, 0.3) is 0 Å². The molecule has 27 nitrogen and oxygen atoms in total. The molecule has 27 heteroatoms. The zero-order valence-electron chi connectivity index (χ0n) is 33.2. The van der Waals surface area contributed by atoms with Gasteiger partial charge < -0.3 is 129 Å². The van der Waals surface area contributed by atoms with Crippen molar-refractivity contribution in [3.8, 4) is 12.0 Å². The topological polar surface area (TPSA) is 425 Å². The third-order valence-electron chi connectivity index (χ3n) is 11.0. The van der Waals surface area contributed by atoms with Gasteiger partial charge in [-0.25, -0.2) is 0 Å². The molecule has 5 rings (SSSR count). The van der Waals surface area contributed by atoms with Gasteiger partial charge in [-0.15, -0.1) is 0 Å². The van der Waals surface area contributed by atoms with Gasteiger partial charge in [-0.3, -0.25) is 4.79 Å². The first-order valence-electron chi connectivity index (χ1n) is 19.5. The molecule has 0 saturated carbocycles. The fraction of sp³-hybridized carbons (Fsp3) is 0.914. The van der Waals surface area contributed by atoms with Gasteiger partial charge in [0.05, 0.1) is 33.0 Å². The quantitative estimate of drug-likeness (QED) is 0.0678. The van der Waals surface area contributed by atoms with Gasteiger partial charge in [0.1, 0.15) is 128 Å². The Kier molecular flexibility index (Phi) is 18.4. The van der Waals surface area contributed by atoms with Crippen molar-refractivity contribution in [1.82, 2.24) is 5.32 Å². The van der Waals surface area contributed by atoms with Crippen LogP contribution in [-0.4, -0.2) is 269 Å². The molecule has 0 aromatic carbocycles. The summed E-state index contributed by atoms with van der Waals surface area (Å²) in [5.41, 5.74) is 0. The standard InChI is InChI=1S/C35H57NO26/c1-3-4-53-32-24(50)21(47)27(14(8-40)57-32)59-34-25(51)22(48)28(15(9-41)58-34)60-35-26(52)30(19(45)13(7-39)56-35)62-31-16(36-10(2)42)29(18(44)12(6-38)54-31)61-33-23(49)20(46)17(43)11(5-37)55-33/h11-35,37-41,43-52H,5-9H2,1-2H3,(H,36,42)/t11?,12?,13?,14?,15?,16?,17-,18-,19-,20-,21+,22+,23?,24?,25?,26?,27+,28-,29+,30-,31-,32+,33-,34-,35+/m0/s1. The Balaban J connectivity index is 1.34. The number of aliphatic hydroxyl groups excluding tert-OH is 15. The average Bonchev–Trinajstić information content (AvgIpc) is 3.25. The summed E-state index contributed by atoms with van der Waals surface area (Å²) in [6.07, 6.45) is -41.5. The van der Waals surface area contributed by atoms with Crippen molar-refractivity contribution in [2.24, 2.45) is 0 Å². The van der Waals surface area contributed by atoms with Crippen molar-refractivity contribution in [1.29, 1.82) is 0 Å². The number of aliphatic hydroxyl groups is 15. The van der Waals surface area contributed by atoms with E-state index in [1.54, 1.807) is 0 Å². The highest BCUT2D eigenvalue weighted by molar-refractivity contribution is 5.73. The fourth-order valence-electron chi connectivity index (χ4n) is 7.63. The zero-order valence-corrected chi connectivity index (χ0v) is 33.2. The van der Waals surface area contributed by atoms with Crippen molar-refractivity contribution >= 4 is 5.91 Å². The van der Waals surface area contributed by atoms with Crippen LogP contribution in [0.3, 0.4) is 0 Å². The summed E-state index contributed by atoms with van der Waals surface area (Å²) in [6.45, 7) is -2.10. The van der Waals surface area contributed by atoms with Crippen molar-refractivity contribution in [2.75, 3.05) is 33.0 Å². The SMILES string of the molecule is CC#CO[C@@H]1OC(CO)[C@@H](O[C@@H]2OC(CO)[C@H](O[C@H]3OC(CO)[C@H](O)[C@H](O[C@@H]4OC(CO)[C@H](O)[C@H](O[C@@H]5OC(CO)[C@H](O)[C@H](O)C5O)C4NC(C)=O)C3O)[C@H](O)C2O)[C@H](O)C1O. The van der Waals surface area contributed by atoms with Crippen LogP contribution in [0, 0.1) is 12.0 Å². The highest BCUT2D eigenvalue weighted by Crippen LogP contribution is 2.36. The Labute approximate surface area is 352 Å². The molecule has 0 spiro atoms. The predicted molar refractivity (Wildman–Crippen MR) is 190 cm³/mol. The van der Waals surface area contributed by atoms with E-state index in [1.807, 2.05) is 0 Å². The Bertz CT molecular complexity index is 1470. The lowest BCUT2D eigenvalue weighted by Crippen LogP contribution is -2.70. The number of carbonyl (C=O) groups is 1. The Hall–Kier alpha value is -2.13. The summed E-state index contributed by atoms with van der Waals surface area (Å²) >= 11 is 0. The van der Waals surface area contributed by atoms with E-state index in [1.165, 1.54) is 6.92 Å². The maximum Gasteiger partial charge on any atom is 0.239 e. The molecule has 5 aliphatic heterocycles. The van der Waals surface area contributed by atoms with Gasteiger partial charge in [-0.1, -0.05) is 5.92 Å². The number of amides is 1. The van der Waals surface area contributed by atoms with E-state index in [-0.39, 0.29) is 0 Å². The van der Waals surface area contributed by atoms with Gasteiger partial charge in [0.15, 0.2) is 25.2 Å². The fourth-order valence-corrected chi connectivity index (χ4v) is 7.63. The number of hydrogen-bond acceptors (Lipinski definition) is 26. The molecule has 0 aromatic heterocycles. The molecular weight excluding hydrogens is 850 g/mol. The van der Waals surface area contributed by atoms with E-state index in [4.69, 9.17) is 47.4 Å². The van der Waals surface area contributed by atoms with Crippen molar-refractivity contribution in [2.45, 2.75) is 167 Å². The highest BCUT2D eigenvalue weighted by atomic mass is 16.8. The van der Waals surface area contributed by atoms with Crippen LogP contribution >= 0.6 is 0 Å². The third kappa shape index (κ3) is 10.8. The Morgan fingerprint density at radius 1 is 0.452 bits per heavy atom. The molecule has 5 fully saturated rings. The molecule has 10 unspecified atom stereocenters. The molecule has 0 radical (unpaired) electrons. The van der Waals surface area contributed by atoms with Crippen LogP contribution in [-0.2, 0) is 52.2 Å². The molecule has 5 saturated heterocycles. The van der Waals surface area contributed by atoms with E-state index in [0.29, 0.717) is 0 Å². The van der Waals surface area contributed by atoms with Crippen LogP contribution in [0.4, 0.5) is 0 Å². The lowest BCUT2D eigenvalue weighted by Gasteiger charge is -2.50. The number of rotatable bonds is 15. The molecule has 0 bridgehead atoms. The van der Waals surface area contributed by atoms with Gasteiger partial charge >= 0.3 is 0 Å². The van der Waals surface area contributed by atoms with Crippen molar-refractivity contribution in [3.63, 3.8) is 0 Å². The molecule has 0 aliphatic carbocycles. The highest BCUT2D eigenvalue weighted by Gasteiger charge is 2.57. The normalized spacial score (nSPS) is 48.8. The number of nitrogens with one attached hydrogen (secondary N) is 1. The monoisotopic (exact) mass is 907 g/mol. The van der Waals surface area contributed by atoms with Gasteiger partial charge in [-0.05, 0) is 0 Å². The van der Waals surface area contributed by atoms with E-state index < -0.39 is 192 Å². The summed E-state index contributed by atoms with van der Waals surface area (Å²) in [7, 11) is 0. The summed E-state index contributed by atoms with van der Waals surface area (Å²) in [4.78, 5) is 12.5. The smallest absolute Gasteiger partial charge is 0.239 e. The Morgan fingerprint density at radius 3 is 1.31 bits per heavy atom. The van der Waals surface area contributed by atoms with Crippen LogP contribution in [0.5, 0.6) is 0 Å². The number of ether oxygens (including phenoxy) is 10. The summed E-state index contributed by atoms with van der Waals surface area (Å²) in [5.74, 6) is 1.60. The summed E-state index contributed by atoms with van der Waals surface area (Å²) in [5, 5.41) is 161. The van der Waals surface area contributed by atoms with Gasteiger partial charge in [-0.2, -0.15) is 0 Å². The van der Waals surface area contributed by atoms with E-state index in [0.717, 1.165) is 6.92 Å². The summed E-state index contributed by atoms with van der Waals surface area (Å²) < 4.78 is 55.9. The first-order valence-corrected chi connectivity index (χ1v) is 19.5. The molecule has 358 valence electrons. The molecule has 62 heavy (non-hydrogen) atoms. The molecule has 5 heterocycles. The van der Waals surface area contributed by atoms with Crippen LogP contribution < -0.4 is 5.32 Å². The minimum atomic E-state index is -2.15. The van der Waals surface area contributed by atoms with Gasteiger partial charge in [0.25, 0.3) is 0 Å². The lowest BCUT2D eigenvalue weighted by atomic mass is 9.94. The minimum absolute atomic E-state index is 0.803. The molecule has 25 atom stereocenters. The summed E-state index contributed by atoms with van der Waals surface area (Å²) in [6, 6.07) is -1.67. The van der Waals surface area contributed by atoms with E-state index >= 15 is 0 Å². The van der Waals surface area contributed by atoms with Crippen LogP contribution in [0.2, 0.25) is 0 Å². The van der Waals surface area contributed by atoms with E-state index in [2.05, 4.69) is 17.3 Å². The maximum atomic E-state index is 12.5. The lowest BCUT2D eigenvalue weighted by molar-refractivity contribution is -0.388. The second-order valence-corrected chi connectivity index (χ2v) is 15.1. The molecule has 1 amide bonds. The predicted octanol–water partition coefficient (Wildman–Crippen LogP) is -10.8. The van der Waals surface area contributed by atoms with Crippen molar-refractivity contribution < 1.29 is 129 Å². The largest absolute Gasteiger partial charge is 0.411 e. The van der Waals surface area contributed by atoms with Crippen LogP contribution in [0.15, 0.2) is 0 Å². The Morgan fingerprint density at radius 2 is 0.823 bits per heavy atom. The number of carbonyl (C=O) groups excluding carboxylic acids is 1.